The van der Waals surface area contributed by atoms with Crippen molar-refractivity contribution >= 4 is 11.3 Å². The van der Waals surface area contributed by atoms with Gasteiger partial charge in [-0.2, -0.15) is 0 Å². The third-order valence-corrected chi connectivity index (χ3v) is 5.21. The van der Waals surface area contributed by atoms with Crippen molar-refractivity contribution in [1.82, 2.24) is 10.3 Å². The zero-order chi connectivity index (χ0) is 12.5. The molecule has 2 fully saturated rings. The fourth-order valence-electron chi connectivity index (χ4n) is 2.91. The highest BCUT2D eigenvalue weighted by atomic mass is 32.1. The molecule has 2 aliphatic carbocycles. The van der Waals surface area contributed by atoms with E-state index in [2.05, 4.69) is 24.5 Å². The lowest BCUT2D eigenvalue weighted by molar-refractivity contribution is 0.363. The Balaban J connectivity index is 1.76. The van der Waals surface area contributed by atoms with Crippen LogP contribution in [0.1, 0.15) is 75.0 Å². The molecular formula is C15H24N2S. The van der Waals surface area contributed by atoms with Gasteiger partial charge < -0.3 is 5.32 Å². The summed E-state index contributed by atoms with van der Waals surface area (Å²) in [5.74, 6) is 1.39. The van der Waals surface area contributed by atoms with E-state index in [0.717, 1.165) is 12.0 Å². The van der Waals surface area contributed by atoms with Crippen LogP contribution < -0.4 is 5.32 Å². The van der Waals surface area contributed by atoms with E-state index in [-0.39, 0.29) is 0 Å². The predicted molar refractivity (Wildman–Crippen MR) is 77.1 cm³/mol. The van der Waals surface area contributed by atoms with E-state index >= 15 is 0 Å². The van der Waals surface area contributed by atoms with Crippen LogP contribution in [0.5, 0.6) is 0 Å². The second-order valence-corrected chi connectivity index (χ2v) is 7.12. The van der Waals surface area contributed by atoms with Crippen molar-refractivity contribution in [2.24, 2.45) is 5.92 Å². The van der Waals surface area contributed by atoms with Gasteiger partial charge in [-0.05, 0) is 37.5 Å². The Morgan fingerprint density at radius 1 is 1.22 bits per heavy atom. The van der Waals surface area contributed by atoms with Crippen molar-refractivity contribution in [1.29, 1.82) is 0 Å². The van der Waals surface area contributed by atoms with Gasteiger partial charge in [0.05, 0.1) is 11.7 Å². The molecule has 0 spiro atoms. The Labute approximate surface area is 114 Å². The summed E-state index contributed by atoms with van der Waals surface area (Å²) in [6, 6.07) is 1.32. The molecule has 0 aromatic carbocycles. The normalized spacial score (nSPS) is 22.8. The minimum atomic E-state index is 0.539. The van der Waals surface area contributed by atoms with Crippen LogP contribution in [-0.4, -0.2) is 11.0 Å². The van der Waals surface area contributed by atoms with Gasteiger partial charge in [0, 0.05) is 11.4 Å². The summed E-state index contributed by atoms with van der Waals surface area (Å²) in [6.45, 7) is 4.47. The molecule has 0 amide bonds. The average Bonchev–Trinajstić information content (AvgIpc) is 2.87. The van der Waals surface area contributed by atoms with Gasteiger partial charge >= 0.3 is 0 Å². The highest BCUT2D eigenvalue weighted by molar-refractivity contribution is 7.09. The van der Waals surface area contributed by atoms with Gasteiger partial charge in [0.15, 0.2) is 0 Å². The Morgan fingerprint density at radius 3 is 2.50 bits per heavy atom. The standard InChI is InChI=1S/C15H24N2S/c1-10(2)13-9-18-15(17-13)14(16-12-7-8-12)11-5-3-4-6-11/h9-12,14,16H,3-8H2,1-2H3. The molecule has 3 rings (SSSR count). The number of thiazole rings is 1. The molecule has 0 saturated heterocycles. The van der Waals surface area contributed by atoms with E-state index in [0.29, 0.717) is 12.0 Å². The van der Waals surface area contributed by atoms with Gasteiger partial charge in [0.1, 0.15) is 5.01 Å². The lowest BCUT2D eigenvalue weighted by atomic mass is 9.98. The lowest BCUT2D eigenvalue weighted by Gasteiger charge is -2.22. The van der Waals surface area contributed by atoms with Gasteiger partial charge in [0.2, 0.25) is 0 Å². The molecule has 0 radical (unpaired) electrons. The van der Waals surface area contributed by atoms with Crippen LogP contribution in [0.15, 0.2) is 5.38 Å². The highest BCUT2D eigenvalue weighted by Gasteiger charge is 2.33. The molecule has 1 aromatic heterocycles. The molecule has 2 nitrogen and oxygen atoms in total. The summed E-state index contributed by atoms with van der Waals surface area (Å²) >= 11 is 1.87. The summed E-state index contributed by atoms with van der Waals surface area (Å²) in [5, 5.41) is 7.45. The molecule has 1 aromatic rings. The first-order valence-electron chi connectivity index (χ1n) is 7.45. The summed E-state index contributed by atoms with van der Waals surface area (Å²) in [5.41, 5.74) is 1.27. The fourth-order valence-corrected chi connectivity index (χ4v) is 4.04. The van der Waals surface area contributed by atoms with Gasteiger partial charge in [-0.25, -0.2) is 4.98 Å². The van der Waals surface area contributed by atoms with Crippen molar-refractivity contribution in [3.05, 3.63) is 16.1 Å². The Kier molecular flexibility index (Phi) is 3.71. The van der Waals surface area contributed by atoms with Crippen molar-refractivity contribution in [2.45, 2.75) is 70.4 Å². The van der Waals surface area contributed by atoms with Crippen molar-refractivity contribution in [3.63, 3.8) is 0 Å². The first-order valence-corrected chi connectivity index (χ1v) is 8.33. The van der Waals surface area contributed by atoms with E-state index in [9.17, 15) is 0 Å². The molecule has 100 valence electrons. The van der Waals surface area contributed by atoms with E-state index in [1.165, 1.54) is 49.2 Å². The molecule has 0 aliphatic heterocycles. The number of nitrogens with one attached hydrogen (secondary N) is 1. The van der Waals surface area contributed by atoms with Crippen molar-refractivity contribution in [2.75, 3.05) is 0 Å². The molecule has 2 aliphatic rings. The predicted octanol–water partition coefficient (Wildman–Crippen LogP) is 4.25. The second kappa shape index (κ2) is 5.30. The molecule has 1 N–H and O–H groups in total. The van der Waals surface area contributed by atoms with Crippen LogP contribution >= 0.6 is 11.3 Å². The van der Waals surface area contributed by atoms with Crippen molar-refractivity contribution < 1.29 is 0 Å². The molecule has 1 heterocycles. The first-order chi connectivity index (χ1) is 8.74. The number of rotatable bonds is 5. The minimum absolute atomic E-state index is 0.539. The number of hydrogen-bond acceptors (Lipinski definition) is 3. The van der Waals surface area contributed by atoms with Gasteiger partial charge in [-0.3, -0.25) is 0 Å². The first kappa shape index (κ1) is 12.6. The molecule has 0 bridgehead atoms. The summed E-state index contributed by atoms with van der Waals surface area (Å²) in [4.78, 5) is 4.89. The summed E-state index contributed by atoms with van der Waals surface area (Å²) < 4.78 is 0. The monoisotopic (exact) mass is 264 g/mol. The van der Waals surface area contributed by atoms with E-state index in [1.54, 1.807) is 0 Å². The van der Waals surface area contributed by atoms with E-state index in [4.69, 9.17) is 4.98 Å². The summed E-state index contributed by atoms with van der Waals surface area (Å²) in [6.07, 6.45) is 8.34. The van der Waals surface area contributed by atoms with Gasteiger partial charge in [-0.15, -0.1) is 11.3 Å². The van der Waals surface area contributed by atoms with E-state index in [1.807, 2.05) is 11.3 Å². The van der Waals surface area contributed by atoms with Crippen LogP contribution in [0.2, 0.25) is 0 Å². The van der Waals surface area contributed by atoms with Crippen LogP contribution in [-0.2, 0) is 0 Å². The maximum atomic E-state index is 4.89. The third-order valence-electron chi connectivity index (χ3n) is 4.26. The topological polar surface area (TPSA) is 24.9 Å². The molecular weight excluding hydrogens is 240 g/mol. The molecule has 1 unspecified atom stereocenters. The lowest BCUT2D eigenvalue weighted by Crippen LogP contribution is -2.28. The minimum Gasteiger partial charge on any atom is -0.305 e. The maximum Gasteiger partial charge on any atom is 0.110 e. The second-order valence-electron chi connectivity index (χ2n) is 6.23. The Hall–Kier alpha value is -0.410. The van der Waals surface area contributed by atoms with Crippen LogP contribution in [0.4, 0.5) is 0 Å². The largest absolute Gasteiger partial charge is 0.305 e. The quantitative estimate of drug-likeness (QED) is 0.860. The Morgan fingerprint density at radius 2 is 1.94 bits per heavy atom. The average molecular weight is 264 g/mol. The summed E-state index contributed by atoms with van der Waals surface area (Å²) in [7, 11) is 0. The molecule has 18 heavy (non-hydrogen) atoms. The van der Waals surface area contributed by atoms with Gasteiger partial charge in [0.25, 0.3) is 0 Å². The zero-order valence-electron chi connectivity index (χ0n) is 11.5. The van der Waals surface area contributed by atoms with Crippen LogP contribution in [0.3, 0.4) is 0 Å². The smallest absolute Gasteiger partial charge is 0.110 e. The number of aromatic nitrogens is 1. The van der Waals surface area contributed by atoms with E-state index < -0.39 is 0 Å². The maximum absolute atomic E-state index is 4.89. The zero-order valence-corrected chi connectivity index (χ0v) is 12.3. The molecule has 3 heteroatoms. The Bertz CT molecular complexity index is 389. The van der Waals surface area contributed by atoms with Crippen LogP contribution in [0, 0.1) is 5.92 Å². The van der Waals surface area contributed by atoms with Crippen molar-refractivity contribution in [3.8, 4) is 0 Å². The molecule has 1 atom stereocenters. The van der Waals surface area contributed by atoms with Gasteiger partial charge in [-0.1, -0.05) is 26.7 Å². The number of nitrogens with zero attached hydrogens (tertiary/aromatic N) is 1. The third kappa shape index (κ3) is 2.77. The highest BCUT2D eigenvalue weighted by Crippen LogP contribution is 2.39. The van der Waals surface area contributed by atoms with Crippen LogP contribution in [0.25, 0.3) is 0 Å². The number of hydrogen-bond donors (Lipinski definition) is 1. The molecule has 2 saturated carbocycles. The fraction of sp³-hybridized carbons (Fsp3) is 0.800. The SMILES string of the molecule is CC(C)c1csc(C(NC2CC2)C2CCCC2)n1.